The number of hydrogen-bond acceptors (Lipinski definition) is 2. The molecule has 2 rings (SSSR count). The van der Waals surface area contributed by atoms with Gasteiger partial charge in [0, 0.05) is 0 Å². The average Bonchev–Trinajstić information content (AvgIpc) is 2.24. The summed E-state index contributed by atoms with van der Waals surface area (Å²) in [6, 6.07) is 0. The van der Waals surface area contributed by atoms with Gasteiger partial charge < -0.3 is 9.84 Å². The van der Waals surface area contributed by atoms with E-state index >= 15 is 0 Å². The molecule has 1 N–H and O–H groups in total. The molecule has 1 heterocycles. The molecule has 17 heavy (non-hydrogen) atoms. The number of alkyl halides is 1. The predicted molar refractivity (Wildman–Crippen MR) is 65.2 cm³/mol. The Morgan fingerprint density at radius 2 is 2.00 bits per heavy atom. The summed E-state index contributed by atoms with van der Waals surface area (Å²) in [5.74, 6) is 1.10. The number of aliphatic hydroxyl groups is 1. The van der Waals surface area contributed by atoms with Crippen LogP contribution in [0.15, 0.2) is 11.3 Å². The van der Waals surface area contributed by atoms with E-state index in [1.807, 2.05) is 6.92 Å². The van der Waals surface area contributed by atoms with E-state index in [0.29, 0.717) is 24.7 Å². The van der Waals surface area contributed by atoms with Crippen molar-refractivity contribution in [2.45, 2.75) is 52.8 Å². The van der Waals surface area contributed by atoms with Crippen LogP contribution in [0.3, 0.4) is 0 Å². The van der Waals surface area contributed by atoms with E-state index in [2.05, 4.69) is 20.8 Å². The Balaban J connectivity index is 2.41. The molecule has 0 aromatic heterocycles. The summed E-state index contributed by atoms with van der Waals surface area (Å²) in [6.45, 7) is 9.25. The van der Waals surface area contributed by atoms with Crippen LogP contribution in [0.4, 0.5) is 4.39 Å². The number of hydrogen-bond donors (Lipinski definition) is 1. The van der Waals surface area contributed by atoms with Crippen LogP contribution < -0.4 is 0 Å². The normalized spacial score (nSPS) is 38.7. The van der Waals surface area contributed by atoms with Crippen molar-refractivity contribution in [3.8, 4) is 0 Å². The van der Waals surface area contributed by atoms with E-state index in [1.165, 1.54) is 0 Å². The average molecular weight is 242 g/mol. The molecule has 0 amide bonds. The Kier molecular flexibility index (Phi) is 3.23. The van der Waals surface area contributed by atoms with Crippen LogP contribution in [-0.2, 0) is 4.74 Å². The van der Waals surface area contributed by atoms with Gasteiger partial charge in [-0.25, -0.2) is 4.39 Å². The molecule has 2 aliphatic rings. The molecule has 0 fully saturated rings. The zero-order valence-electron chi connectivity index (χ0n) is 11.2. The topological polar surface area (TPSA) is 29.5 Å². The zero-order chi connectivity index (χ0) is 12.8. The number of ether oxygens (including phenoxy) is 1. The first-order valence-corrected chi connectivity index (χ1v) is 6.51. The lowest BCUT2D eigenvalue weighted by Crippen LogP contribution is -2.41. The third kappa shape index (κ3) is 2.22. The minimum atomic E-state index is -1.18. The second kappa shape index (κ2) is 4.27. The van der Waals surface area contributed by atoms with E-state index < -0.39 is 12.3 Å². The largest absolute Gasteiger partial charge is 0.495 e. The van der Waals surface area contributed by atoms with Crippen molar-refractivity contribution in [2.75, 3.05) is 6.61 Å². The molecule has 4 atom stereocenters. The first-order valence-electron chi connectivity index (χ1n) is 6.51. The standard InChI is InChI=1S/C14H23FO2/c1-8-7-10(15)12(16)13-11(8)9(5-6-17-13)14(2,3)4/h8-10,12,16H,5-7H2,1-4H3/t8?,9?,10-,12+/m1/s1. The van der Waals surface area contributed by atoms with Crippen molar-refractivity contribution >= 4 is 0 Å². The van der Waals surface area contributed by atoms with E-state index in [-0.39, 0.29) is 11.3 Å². The van der Waals surface area contributed by atoms with Crippen molar-refractivity contribution in [3.05, 3.63) is 11.3 Å². The molecule has 98 valence electrons. The van der Waals surface area contributed by atoms with Gasteiger partial charge in [0.2, 0.25) is 0 Å². The molecule has 0 aromatic rings. The second-order valence-electron chi connectivity index (χ2n) is 6.47. The first-order chi connectivity index (χ1) is 7.82. The van der Waals surface area contributed by atoms with Crippen LogP contribution in [0.1, 0.15) is 40.5 Å². The fourth-order valence-electron chi connectivity index (χ4n) is 3.20. The minimum Gasteiger partial charge on any atom is -0.495 e. The van der Waals surface area contributed by atoms with Gasteiger partial charge in [0.05, 0.1) is 6.61 Å². The summed E-state index contributed by atoms with van der Waals surface area (Å²) < 4.78 is 19.2. The number of rotatable bonds is 0. The maximum absolute atomic E-state index is 13.7. The summed E-state index contributed by atoms with van der Waals surface area (Å²) in [7, 11) is 0. The Hall–Kier alpha value is -0.570. The van der Waals surface area contributed by atoms with Gasteiger partial charge in [-0.2, -0.15) is 0 Å². The summed E-state index contributed by atoms with van der Waals surface area (Å²) in [5, 5.41) is 9.92. The summed E-state index contributed by atoms with van der Waals surface area (Å²) in [6.07, 6.45) is -0.847. The maximum Gasteiger partial charge on any atom is 0.142 e. The molecule has 2 unspecified atom stereocenters. The zero-order valence-corrected chi connectivity index (χ0v) is 11.2. The van der Waals surface area contributed by atoms with Gasteiger partial charge in [-0.1, -0.05) is 27.7 Å². The van der Waals surface area contributed by atoms with Gasteiger partial charge in [-0.3, -0.25) is 0 Å². The van der Waals surface area contributed by atoms with E-state index in [0.717, 1.165) is 12.0 Å². The lowest BCUT2D eigenvalue weighted by molar-refractivity contribution is -0.00513. The van der Waals surface area contributed by atoms with Crippen molar-refractivity contribution in [3.63, 3.8) is 0 Å². The van der Waals surface area contributed by atoms with Gasteiger partial charge >= 0.3 is 0 Å². The quantitative estimate of drug-likeness (QED) is 0.707. The highest BCUT2D eigenvalue weighted by molar-refractivity contribution is 5.26. The smallest absolute Gasteiger partial charge is 0.142 e. The lowest BCUT2D eigenvalue weighted by atomic mass is 9.67. The number of halogens is 1. The number of allylic oxidation sites excluding steroid dienone is 1. The van der Waals surface area contributed by atoms with Crippen molar-refractivity contribution in [2.24, 2.45) is 17.3 Å². The van der Waals surface area contributed by atoms with E-state index in [4.69, 9.17) is 4.74 Å². The molecule has 0 radical (unpaired) electrons. The molecule has 1 aliphatic carbocycles. The fourth-order valence-corrected chi connectivity index (χ4v) is 3.20. The lowest BCUT2D eigenvalue weighted by Gasteiger charge is -2.44. The van der Waals surface area contributed by atoms with Crippen LogP contribution in [0.5, 0.6) is 0 Å². The fraction of sp³-hybridized carbons (Fsp3) is 0.857. The van der Waals surface area contributed by atoms with Crippen molar-refractivity contribution in [1.82, 2.24) is 0 Å². The van der Waals surface area contributed by atoms with Crippen LogP contribution >= 0.6 is 0 Å². The van der Waals surface area contributed by atoms with E-state index in [9.17, 15) is 9.50 Å². The SMILES string of the molecule is CC1C[C@@H](F)[C@H](O)C2=C1C(C(C)(C)C)CCO2. The van der Waals surface area contributed by atoms with Crippen LogP contribution in [0.25, 0.3) is 0 Å². The Morgan fingerprint density at radius 3 is 2.59 bits per heavy atom. The molecule has 0 saturated heterocycles. The Bertz CT molecular complexity index is 330. The third-order valence-corrected chi connectivity index (χ3v) is 4.09. The first kappa shape index (κ1) is 12.9. The monoisotopic (exact) mass is 242 g/mol. The minimum absolute atomic E-state index is 0.140. The van der Waals surface area contributed by atoms with Crippen molar-refractivity contribution in [1.29, 1.82) is 0 Å². The third-order valence-electron chi connectivity index (χ3n) is 4.09. The molecule has 0 aromatic carbocycles. The molecule has 0 bridgehead atoms. The molecule has 0 spiro atoms. The summed E-state index contributed by atoms with van der Waals surface area (Å²) in [4.78, 5) is 0. The van der Waals surface area contributed by atoms with Gasteiger partial charge in [-0.15, -0.1) is 0 Å². The van der Waals surface area contributed by atoms with Gasteiger partial charge in [0.25, 0.3) is 0 Å². The van der Waals surface area contributed by atoms with Gasteiger partial charge in [0.1, 0.15) is 18.0 Å². The predicted octanol–water partition coefficient (Wildman–Crippen LogP) is 3.06. The maximum atomic E-state index is 13.7. The molecular weight excluding hydrogens is 219 g/mol. The van der Waals surface area contributed by atoms with Crippen molar-refractivity contribution < 1.29 is 14.2 Å². The molecular formula is C14H23FO2. The van der Waals surface area contributed by atoms with Crippen LogP contribution in [0, 0.1) is 17.3 Å². The van der Waals surface area contributed by atoms with Crippen LogP contribution in [0.2, 0.25) is 0 Å². The highest BCUT2D eigenvalue weighted by Gasteiger charge is 2.43. The summed E-state index contributed by atoms with van der Waals surface area (Å²) in [5.41, 5.74) is 1.30. The van der Waals surface area contributed by atoms with E-state index in [1.54, 1.807) is 0 Å². The van der Waals surface area contributed by atoms with Gasteiger partial charge in [0.15, 0.2) is 0 Å². The Morgan fingerprint density at radius 1 is 1.35 bits per heavy atom. The van der Waals surface area contributed by atoms with Gasteiger partial charge in [-0.05, 0) is 35.7 Å². The molecule has 3 heteroatoms. The molecule has 0 saturated carbocycles. The summed E-state index contributed by atoms with van der Waals surface area (Å²) >= 11 is 0. The highest BCUT2D eigenvalue weighted by Crippen LogP contribution is 2.47. The second-order valence-corrected chi connectivity index (χ2v) is 6.47. The molecule has 2 nitrogen and oxygen atoms in total. The highest BCUT2D eigenvalue weighted by atomic mass is 19.1. The number of aliphatic hydroxyl groups excluding tert-OH is 1. The molecule has 1 aliphatic heterocycles. The van der Waals surface area contributed by atoms with Crippen LogP contribution in [-0.4, -0.2) is 24.0 Å². The Labute approximate surface area is 103 Å².